The summed E-state index contributed by atoms with van der Waals surface area (Å²) in [5.74, 6) is 3.23. The lowest BCUT2D eigenvalue weighted by atomic mass is 10.1. The van der Waals surface area contributed by atoms with Gasteiger partial charge in [0.05, 0.1) is 12.4 Å². The number of hydrogen-bond acceptors (Lipinski definition) is 7. The van der Waals surface area contributed by atoms with E-state index < -0.39 is 0 Å². The van der Waals surface area contributed by atoms with E-state index in [0.717, 1.165) is 36.6 Å². The number of nitrogens with zero attached hydrogens (tertiary/aromatic N) is 3. The van der Waals surface area contributed by atoms with E-state index in [0.29, 0.717) is 36.2 Å². The number of rotatable bonds is 14. The van der Waals surface area contributed by atoms with Crippen molar-refractivity contribution in [3.8, 4) is 17.2 Å². The summed E-state index contributed by atoms with van der Waals surface area (Å²) < 4.78 is 11.5. The molecule has 37 heavy (non-hydrogen) atoms. The monoisotopic (exact) mass is 516 g/mol. The van der Waals surface area contributed by atoms with Gasteiger partial charge in [-0.15, -0.1) is 22.0 Å². The van der Waals surface area contributed by atoms with Gasteiger partial charge in [-0.25, -0.2) is 0 Å². The van der Waals surface area contributed by atoms with Gasteiger partial charge in [-0.1, -0.05) is 36.4 Å². The minimum absolute atomic E-state index is 0.0883. The Balaban J connectivity index is 1.17. The smallest absolute Gasteiger partial charge is 0.251 e. The Bertz CT molecular complexity index is 1220. The van der Waals surface area contributed by atoms with Crippen LogP contribution in [0.5, 0.6) is 5.75 Å². The fourth-order valence-electron chi connectivity index (χ4n) is 3.77. The Morgan fingerprint density at radius 1 is 0.973 bits per heavy atom. The molecule has 1 heterocycles. The van der Waals surface area contributed by atoms with Crippen LogP contribution < -0.4 is 15.0 Å². The molecule has 0 aliphatic rings. The Hall–Kier alpha value is -3.78. The van der Waals surface area contributed by atoms with E-state index in [-0.39, 0.29) is 5.91 Å². The van der Waals surface area contributed by atoms with Crippen molar-refractivity contribution in [1.82, 2.24) is 15.5 Å². The number of carbonyl (C=O) groups excluding carboxylic acids is 1. The average molecular weight is 517 g/mol. The summed E-state index contributed by atoms with van der Waals surface area (Å²) in [5.41, 5.74) is 2.59. The summed E-state index contributed by atoms with van der Waals surface area (Å²) in [5, 5.41) is 11.3. The van der Waals surface area contributed by atoms with Crippen molar-refractivity contribution in [3.63, 3.8) is 0 Å². The molecule has 4 rings (SSSR count). The van der Waals surface area contributed by atoms with Gasteiger partial charge in [-0.2, -0.15) is 0 Å². The van der Waals surface area contributed by atoms with Gasteiger partial charge < -0.3 is 19.4 Å². The summed E-state index contributed by atoms with van der Waals surface area (Å²) in [6, 6.07) is 27.3. The number of aromatic nitrogens is 2. The number of amides is 1. The molecule has 0 aliphatic heterocycles. The summed E-state index contributed by atoms with van der Waals surface area (Å²) >= 11 is 1.67. The van der Waals surface area contributed by atoms with Crippen molar-refractivity contribution in [3.05, 3.63) is 96.4 Å². The summed E-state index contributed by atoms with van der Waals surface area (Å²) in [4.78, 5) is 14.9. The van der Waals surface area contributed by atoms with Gasteiger partial charge in [0.1, 0.15) is 5.75 Å². The van der Waals surface area contributed by atoms with E-state index >= 15 is 0 Å². The number of anilines is 1. The van der Waals surface area contributed by atoms with Gasteiger partial charge in [0.2, 0.25) is 11.8 Å². The third kappa shape index (κ3) is 8.11. The third-order valence-electron chi connectivity index (χ3n) is 5.72. The van der Waals surface area contributed by atoms with Gasteiger partial charge in [0.25, 0.3) is 5.91 Å². The molecule has 0 saturated heterocycles. The van der Waals surface area contributed by atoms with Gasteiger partial charge in [0, 0.05) is 42.2 Å². The first kappa shape index (κ1) is 26.3. The first-order valence-electron chi connectivity index (χ1n) is 12.5. The summed E-state index contributed by atoms with van der Waals surface area (Å²) in [6.07, 6.45) is 0.869. The lowest BCUT2D eigenvalue weighted by Crippen LogP contribution is -2.29. The highest BCUT2D eigenvalue weighted by molar-refractivity contribution is 7.98. The predicted molar refractivity (Wildman–Crippen MR) is 149 cm³/mol. The van der Waals surface area contributed by atoms with Crippen LogP contribution in [0.25, 0.3) is 11.5 Å². The fraction of sp³-hybridized carbons (Fsp3) is 0.276. The van der Waals surface area contributed by atoms with E-state index in [1.165, 1.54) is 5.69 Å². The Morgan fingerprint density at radius 3 is 2.43 bits per heavy atom. The molecular weight excluding hydrogens is 484 g/mol. The SMILES string of the molecule is CCN(CCCNC(=O)c1ccc(-c2nnc(CSCCOc3ccccc3)o2)cc1)c1ccccc1. The van der Waals surface area contributed by atoms with Crippen LogP contribution in [0.1, 0.15) is 29.6 Å². The van der Waals surface area contributed by atoms with E-state index in [1.54, 1.807) is 23.9 Å². The van der Waals surface area contributed by atoms with Crippen LogP contribution in [0.4, 0.5) is 5.69 Å². The zero-order valence-corrected chi connectivity index (χ0v) is 21.8. The molecule has 0 radical (unpaired) electrons. The first-order valence-corrected chi connectivity index (χ1v) is 13.6. The van der Waals surface area contributed by atoms with Crippen LogP contribution in [-0.2, 0) is 5.75 Å². The Morgan fingerprint density at radius 2 is 1.70 bits per heavy atom. The van der Waals surface area contributed by atoms with E-state index in [9.17, 15) is 4.79 Å². The number of benzene rings is 3. The molecule has 3 aromatic carbocycles. The van der Waals surface area contributed by atoms with Crippen LogP contribution in [0.2, 0.25) is 0 Å². The molecule has 0 unspecified atom stereocenters. The third-order valence-corrected chi connectivity index (χ3v) is 6.63. The molecular formula is C29H32N4O3S. The molecule has 4 aromatic rings. The summed E-state index contributed by atoms with van der Waals surface area (Å²) in [6.45, 7) is 5.18. The van der Waals surface area contributed by atoms with Crippen molar-refractivity contribution in [2.45, 2.75) is 19.1 Å². The van der Waals surface area contributed by atoms with Gasteiger partial charge >= 0.3 is 0 Å². The number of thioether (sulfide) groups is 1. The number of ether oxygens (including phenoxy) is 1. The molecule has 8 heteroatoms. The predicted octanol–water partition coefficient (Wildman–Crippen LogP) is 5.70. The molecule has 1 aromatic heterocycles. The molecule has 0 fully saturated rings. The van der Waals surface area contributed by atoms with Crippen LogP contribution in [0.15, 0.2) is 89.3 Å². The summed E-state index contributed by atoms with van der Waals surface area (Å²) in [7, 11) is 0. The number of carbonyl (C=O) groups is 1. The Kier molecular flexibility index (Phi) is 10.0. The van der Waals surface area contributed by atoms with Gasteiger partial charge in [-0.05, 0) is 61.9 Å². The van der Waals surface area contributed by atoms with E-state index in [4.69, 9.17) is 9.15 Å². The van der Waals surface area contributed by atoms with Crippen molar-refractivity contribution in [1.29, 1.82) is 0 Å². The van der Waals surface area contributed by atoms with Crippen molar-refractivity contribution in [2.24, 2.45) is 0 Å². The molecule has 1 N–H and O–H groups in total. The van der Waals surface area contributed by atoms with Crippen LogP contribution in [0, 0.1) is 0 Å². The Labute approximate surface area is 222 Å². The quantitative estimate of drug-likeness (QED) is 0.216. The fourth-order valence-corrected chi connectivity index (χ4v) is 4.41. The molecule has 1 amide bonds. The van der Waals surface area contributed by atoms with Gasteiger partial charge in [-0.3, -0.25) is 4.79 Å². The highest BCUT2D eigenvalue weighted by atomic mass is 32.2. The van der Waals surface area contributed by atoms with Crippen molar-refractivity contribution >= 4 is 23.4 Å². The number of hydrogen-bond donors (Lipinski definition) is 1. The minimum Gasteiger partial charge on any atom is -0.493 e. The maximum absolute atomic E-state index is 12.6. The van der Waals surface area contributed by atoms with Crippen LogP contribution >= 0.6 is 11.8 Å². The highest BCUT2D eigenvalue weighted by Crippen LogP contribution is 2.21. The maximum atomic E-state index is 12.6. The lowest BCUT2D eigenvalue weighted by molar-refractivity contribution is 0.0953. The van der Waals surface area contributed by atoms with Crippen LogP contribution in [0.3, 0.4) is 0 Å². The second-order valence-electron chi connectivity index (χ2n) is 8.32. The van der Waals surface area contributed by atoms with Gasteiger partial charge in [0.15, 0.2) is 0 Å². The maximum Gasteiger partial charge on any atom is 0.251 e. The van der Waals surface area contributed by atoms with E-state index in [1.807, 2.05) is 60.7 Å². The molecule has 7 nitrogen and oxygen atoms in total. The number of nitrogens with one attached hydrogen (secondary N) is 1. The highest BCUT2D eigenvalue weighted by Gasteiger charge is 2.11. The average Bonchev–Trinajstić information content (AvgIpc) is 3.43. The largest absolute Gasteiger partial charge is 0.493 e. The molecule has 0 aliphatic carbocycles. The number of para-hydroxylation sites is 2. The minimum atomic E-state index is -0.0883. The molecule has 192 valence electrons. The second kappa shape index (κ2) is 14.1. The molecule has 0 saturated carbocycles. The zero-order valence-electron chi connectivity index (χ0n) is 21.0. The topological polar surface area (TPSA) is 80.5 Å². The van der Waals surface area contributed by atoms with Crippen LogP contribution in [-0.4, -0.2) is 48.1 Å². The zero-order chi connectivity index (χ0) is 25.7. The molecule has 0 bridgehead atoms. The normalized spacial score (nSPS) is 10.7. The lowest BCUT2D eigenvalue weighted by Gasteiger charge is -2.23. The standard InChI is InChI=1S/C29H32N4O3S/c1-2-33(25-10-5-3-6-11-25)19-9-18-30-28(34)23-14-16-24(17-15-23)29-32-31-27(36-29)22-37-21-20-35-26-12-7-4-8-13-26/h3-8,10-17H,2,9,18-22H2,1H3,(H,30,34). The first-order chi connectivity index (χ1) is 18.2. The van der Waals surface area contributed by atoms with E-state index in [2.05, 4.69) is 39.5 Å². The molecule has 0 spiro atoms. The van der Waals surface area contributed by atoms with Crippen molar-refractivity contribution < 1.29 is 13.9 Å². The second-order valence-corrected chi connectivity index (χ2v) is 9.42. The molecule has 0 atom stereocenters. The van der Waals surface area contributed by atoms with Crippen molar-refractivity contribution in [2.75, 3.05) is 36.9 Å².